The number of nitrogens with one attached hydrogen (secondary N) is 2. The Hall–Kier alpha value is -2.41. The Morgan fingerprint density at radius 3 is 2.27 bits per heavy atom. The van der Waals surface area contributed by atoms with E-state index in [0.717, 1.165) is 31.7 Å². The number of carbonyl (C=O) groups is 2. The molecule has 0 aromatic heterocycles. The molecule has 3 rings (SSSR count). The Morgan fingerprint density at radius 2 is 1.60 bits per heavy atom. The predicted octanol–water partition coefficient (Wildman–Crippen LogP) is 3.16. The first kappa shape index (κ1) is 22.3. The third-order valence-electron chi connectivity index (χ3n) is 5.51. The van der Waals surface area contributed by atoms with Gasteiger partial charge in [-0.1, -0.05) is 54.1 Å². The number of halogens is 1. The van der Waals surface area contributed by atoms with E-state index in [1.165, 1.54) is 0 Å². The molecule has 7 heteroatoms. The van der Waals surface area contributed by atoms with Gasteiger partial charge in [0.15, 0.2) is 0 Å². The number of amides is 2. The van der Waals surface area contributed by atoms with Gasteiger partial charge in [-0.3, -0.25) is 19.4 Å². The van der Waals surface area contributed by atoms with Gasteiger partial charge in [-0.25, -0.2) is 0 Å². The Bertz CT molecular complexity index is 853. The third kappa shape index (κ3) is 6.05. The Balaban J connectivity index is 1.43. The summed E-state index contributed by atoms with van der Waals surface area (Å²) in [6.07, 6.45) is 0. The molecule has 2 unspecified atom stereocenters. The molecule has 1 fully saturated rings. The highest BCUT2D eigenvalue weighted by molar-refractivity contribution is 6.33. The predicted molar refractivity (Wildman–Crippen MR) is 121 cm³/mol. The van der Waals surface area contributed by atoms with Crippen LogP contribution in [0.3, 0.4) is 0 Å². The van der Waals surface area contributed by atoms with Crippen LogP contribution in [-0.4, -0.2) is 60.4 Å². The maximum atomic E-state index is 12.7. The van der Waals surface area contributed by atoms with Gasteiger partial charge < -0.3 is 10.6 Å². The van der Waals surface area contributed by atoms with E-state index in [2.05, 4.69) is 20.4 Å². The Morgan fingerprint density at radius 1 is 0.967 bits per heavy atom. The van der Waals surface area contributed by atoms with Crippen molar-refractivity contribution in [2.24, 2.45) is 0 Å². The third-order valence-corrected chi connectivity index (χ3v) is 5.84. The number of hydrogen-bond acceptors (Lipinski definition) is 4. The molecule has 0 saturated carbocycles. The van der Waals surface area contributed by atoms with Crippen LogP contribution in [-0.2, 0) is 9.59 Å². The number of piperazine rings is 1. The second kappa shape index (κ2) is 10.6. The van der Waals surface area contributed by atoms with Gasteiger partial charge in [0, 0.05) is 26.2 Å². The van der Waals surface area contributed by atoms with E-state index >= 15 is 0 Å². The first-order valence-corrected chi connectivity index (χ1v) is 10.7. The van der Waals surface area contributed by atoms with E-state index in [0.29, 0.717) is 17.3 Å². The molecule has 2 aromatic rings. The molecule has 0 radical (unpaired) electrons. The summed E-state index contributed by atoms with van der Waals surface area (Å²) < 4.78 is 0. The zero-order valence-corrected chi connectivity index (χ0v) is 18.2. The first-order chi connectivity index (χ1) is 14.4. The van der Waals surface area contributed by atoms with Crippen molar-refractivity contribution >= 4 is 29.1 Å². The molecule has 1 heterocycles. The van der Waals surface area contributed by atoms with E-state index < -0.39 is 0 Å². The zero-order valence-electron chi connectivity index (χ0n) is 17.5. The molecule has 0 spiro atoms. The van der Waals surface area contributed by atoms with E-state index in [4.69, 9.17) is 11.6 Å². The lowest BCUT2D eigenvalue weighted by atomic mass is 10.1. The Labute approximate surface area is 183 Å². The number of para-hydroxylation sites is 1. The molecular formula is C23H29ClN4O2. The van der Waals surface area contributed by atoms with Gasteiger partial charge >= 0.3 is 0 Å². The smallest absolute Gasteiger partial charge is 0.238 e. The fourth-order valence-corrected chi connectivity index (χ4v) is 3.77. The number of nitrogens with zero attached hydrogens (tertiary/aromatic N) is 2. The minimum atomic E-state index is -0.213. The van der Waals surface area contributed by atoms with Crippen molar-refractivity contribution in [2.75, 3.05) is 38.0 Å². The van der Waals surface area contributed by atoms with Crippen LogP contribution in [0.5, 0.6) is 0 Å². The topological polar surface area (TPSA) is 64.7 Å². The monoisotopic (exact) mass is 428 g/mol. The molecule has 1 saturated heterocycles. The summed E-state index contributed by atoms with van der Waals surface area (Å²) in [5.41, 5.74) is 1.72. The van der Waals surface area contributed by atoms with Crippen LogP contribution in [0.25, 0.3) is 0 Å². The summed E-state index contributed by atoms with van der Waals surface area (Å²) in [5, 5.41) is 6.48. The minimum Gasteiger partial charge on any atom is -0.348 e. The fourth-order valence-electron chi connectivity index (χ4n) is 3.59. The van der Waals surface area contributed by atoms with Gasteiger partial charge in [0.1, 0.15) is 0 Å². The lowest BCUT2D eigenvalue weighted by Gasteiger charge is -2.37. The number of anilines is 1. The summed E-state index contributed by atoms with van der Waals surface area (Å²) in [5.74, 6) is -0.0599. The van der Waals surface area contributed by atoms with Crippen LogP contribution in [0.2, 0.25) is 5.02 Å². The number of rotatable bonds is 7. The highest BCUT2D eigenvalue weighted by atomic mass is 35.5. The van der Waals surface area contributed by atoms with Crippen LogP contribution in [0, 0.1) is 0 Å². The molecule has 2 aromatic carbocycles. The summed E-state index contributed by atoms with van der Waals surface area (Å²) >= 11 is 6.10. The van der Waals surface area contributed by atoms with Crippen LogP contribution in [0.4, 0.5) is 5.69 Å². The molecule has 6 nitrogen and oxygen atoms in total. The standard InChI is InChI=1S/C23H29ClN4O2/c1-17(19-8-4-3-5-9-19)25-23(30)18(2)28-14-12-27(13-15-28)16-22(29)26-21-11-7-6-10-20(21)24/h3-11,17-18H,12-16H2,1-2H3,(H,25,30)(H,26,29). The lowest BCUT2D eigenvalue weighted by Crippen LogP contribution is -2.55. The molecule has 2 atom stereocenters. The quantitative estimate of drug-likeness (QED) is 0.711. The van der Waals surface area contributed by atoms with Gasteiger partial charge in [0.05, 0.1) is 29.3 Å². The van der Waals surface area contributed by atoms with Crippen molar-refractivity contribution in [3.63, 3.8) is 0 Å². The van der Waals surface area contributed by atoms with Crippen molar-refractivity contribution in [3.8, 4) is 0 Å². The zero-order chi connectivity index (χ0) is 21.5. The Kier molecular flexibility index (Phi) is 7.85. The van der Waals surface area contributed by atoms with Crippen LogP contribution < -0.4 is 10.6 Å². The van der Waals surface area contributed by atoms with Gasteiger partial charge in [-0.2, -0.15) is 0 Å². The van der Waals surface area contributed by atoms with Gasteiger partial charge in [0.25, 0.3) is 0 Å². The van der Waals surface area contributed by atoms with Crippen molar-refractivity contribution in [1.29, 1.82) is 0 Å². The van der Waals surface area contributed by atoms with Crippen LogP contribution in [0.15, 0.2) is 54.6 Å². The molecule has 2 N–H and O–H groups in total. The maximum Gasteiger partial charge on any atom is 0.238 e. The van der Waals surface area contributed by atoms with Gasteiger partial charge in [0.2, 0.25) is 11.8 Å². The minimum absolute atomic E-state index is 0.0243. The lowest BCUT2D eigenvalue weighted by molar-refractivity contribution is -0.127. The molecule has 160 valence electrons. The fraction of sp³-hybridized carbons (Fsp3) is 0.391. The second-order valence-electron chi connectivity index (χ2n) is 7.66. The average Bonchev–Trinajstić information content (AvgIpc) is 2.76. The van der Waals surface area contributed by atoms with Gasteiger partial charge in [-0.15, -0.1) is 0 Å². The van der Waals surface area contributed by atoms with E-state index in [9.17, 15) is 9.59 Å². The molecule has 2 amide bonds. The van der Waals surface area contributed by atoms with Crippen molar-refractivity contribution in [2.45, 2.75) is 25.9 Å². The van der Waals surface area contributed by atoms with Gasteiger partial charge in [-0.05, 0) is 31.5 Å². The molecule has 1 aliphatic rings. The summed E-state index contributed by atoms with van der Waals surface area (Å²) in [6, 6.07) is 16.9. The maximum absolute atomic E-state index is 12.7. The van der Waals surface area contributed by atoms with Crippen molar-refractivity contribution < 1.29 is 9.59 Å². The van der Waals surface area contributed by atoms with E-state index in [-0.39, 0.29) is 23.9 Å². The summed E-state index contributed by atoms with van der Waals surface area (Å²) in [4.78, 5) is 29.3. The summed E-state index contributed by atoms with van der Waals surface area (Å²) in [6.45, 7) is 7.21. The highest BCUT2D eigenvalue weighted by Gasteiger charge is 2.27. The SMILES string of the molecule is CC(NC(=O)C(C)N1CCN(CC(=O)Nc2ccccc2Cl)CC1)c1ccccc1. The molecule has 0 bridgehead atoms. The van der Waals surface area contributed by atoms with Crippen LogP contribution in [0.1, 0.15) is 25.5 Å². The molecule has 1 aliphatic heterocycles. The van der Waals surface area contributed by atoms with Crippen molar-refractivity contribution in [1.82, 2.24) is 15.1 Å². The normalized spacial score (nSPS) is 17.2. The summed E-state index contributed by atoms with van der Waals surface area (Å²) in [7, 11) is 0. The number of carbonyl (C=O) groups excluding carboxylic acids is 2. The van der Waals surface area contributed by atoms with Crippen LogP contribution >= 0.6 is 11.6 Å². The number of benzene rings is 2. The largest absolute Gasteiger partial charge is 0.348 e. The molecular weight excluding hydrogens is 400 g/mol. The average molecular weight is 429 g/mol. The number of hydrogen-bond donors (Lipinski definition) is 2. The van der Waals surface area contributed by atoms with E-state index in [1.54, 1.807) is 12.1 Å². The molecule has 0 aliphatic carbocycles. The van der Waals surface area contributed by atoms with E-state index in [1.807, 2.05) is 56.3 Å². The molecule has 30 heavy (non-hydrogen) atoms. The highest BCUT2D eigenvalue weighted by Crippen LogP contribution is 2.20. The van der Waals surface area contributed by atoms with Crippen molar-refractivity contribution in [3.05, 3.63) is 65.2 Å². The first-order valence-electron chi connectivity index (χ1n) is 10.3. The second-order valence-corrected chi connectivity index (χ2v) is 8.06.